The number of nitrogens with one attached hydrogen (secondary N) is 2. The molecule has 26 heavy (non-hydrogen) atoms. The normalized spacial score (nSPS) is 11.7. The van der Waals surface area contributed by atoms with Crippen LogP contribution in [-0.2, 0) is 20.1 Å². The predicted molar refractivity (Wildman–Crippen MR) is 115 cm³/mol. The molecule has 0 amide bonds. The Balaban J connectivity index is 0.00000338. The first-order chi connectivity index (χ1) is 11.8. The van der Waals surface area contributed by atoms with Crippen LogP contribution in [0.2, 0.25) is 0 Å². The number of aliphatic imine (C=N–C) groups is 1. The lowest BCUT2D eigenvalue weighted by Crippen LogP contribution is -2.37. The highest BCUT2D eigenvalue weighted by molar-refractivity contribution is 14.0. The molecule has 2 aromatic rings. The largest absolute Gasteiger partial charge is 0.488 e. The van der Waals surface area contributed by atoms with Crippen molar-refractivity contribution in [1.82, 2.24) is 25.4 Å². The average molecular weight is 472 g/mol. The van der Waals surface area contributed by atoms with E-state index in [1.54, 1.807) is 7.05 Å². The monoisotopic (exact) mass is 472 g/mol. The van der Waals surface area contributed by atoms with Gasteiger partial charge in [-0.15, -0.1) is 34.2 Å². The molecule has 0 saturated heterocycles. The highest BCUT2D eigenvalue weighted by Crippen LogP contribution is 2.22. The van der Waals surface area contributed by atoms with Crippen LogP contribution in [0.5, 0.6) is 5.75 Å². The Morgan fingerprint density at radius 3 is 2.38 bits per heavy atom. The second-order valence-corrected chi connectivity index (χ2v) is 6.82. The summed E-state index contributed by atoms with van der Waals surface area (Å²) in [6.07, 6.45) is 0. The molecule has 0 atom stereocenters. The fraction of sp³-hybridized carbons (Fsp3) is 0.500. The molecule has 2 N–H and O–H groups in total. The fourth-order valence-corrected chi connectivity index (χ4v) is 2.25. The molecule has 0 aliphatic carbocycles. The van der Waals surface area contributed by atoms with Crippen molar-refractivity contribution in [2.75, 3.05) is 7.05 Å². The second-order valence-electron chi connectivity index (χ2n) is 6.82. The van der Waals surface area contributed by atoms with Crippen LogP contribution in [0.3, 0.4) is 0 Å². The molecule has 0 aliphatic rings. The third-order valence-corrected chi connectivity index (χ3v) is 3.66. The van der Waals surface area contributed by atoms with Crippen molar-refractivity contribution >= 4 is 29.9 Å². The third-order valence-electron chi connectivity index (χ3n) is 3.66. The third kappa shape index (κ3) is 6.47. The summed E-state index contributed by atoms with van der Waals surface area (Å²) in [6, 6.07) is 8.02. The number of rotatable bonds is 5. The van der Waals surface area contributed by atoms with Crippen molar-refractivity contribution in [3.63, 3.8) is 0 Å². The van der Waals surface area contributed by atoms with E-state index in [-0.39, 0.29) is 29.6 Å². The molecular formula is C18H29IN6O. The summed E-state index contributed by atoms with van der Waals surface area (Å²) in [5, 5.41) is 14.8. The predicted octanol–water partition coefficient (Wildman–Crippen LogP) is 2.78. The van der Waals surface area contributed by atoms with E-state index in [2.05, 4.69) is 25.8 Å². The minimum Gasteiger partial charge on any atom is -0.488 e. The number of hydrogen-bond donors (Lipinski definition) is 2. The molecule has 144 valence electrons. The summed E-state index contributed by atoms with van der Waals surface area (Å²) >= 11 is 0. The number of nitrogens with zero attached hydrogens (tertiary/aromatic N) is 4. The van der Waals surface area contributed by atoms with E-state index in [1.165, 1.54) is 0 Å². The highest BCUT2D eigenvalue weighted by Gasteiger charge is 2.14. The summed E-state index contributed by atoms with van der Waals surface area (Å²) in [6.45, 7) is 9.22. The summed E-state index contributed by atoms with van der Waals surface area (Å²) < 4.78 is 7.98. The van der Waals surface area contributed by atoms with Crippen molar-refractivity contribution in [3.8, 4) is 5.75 Å². The van der Waals surface area contributed by atoms with Crippen LogP contribution in [0.15, 0.2) is 29.3 Å². The number of ether oxygens (including phenoxy) is 1. The first-order valence-electron chi connectivity index (χ1n) is 8.36. The van der Waals surface area contributed by atoms with Crippen LogP contribution < -0.4 is 15.4 Å². The molecular weight excluding hydrogens is 443 g/mol. The van der Waals surface area contributed by atoms with Crippen LogP contribution in [0, 0.1) is 6.92 Å². The first kappa shape index (κ1) is 22.2. The number of benzene rings is 1. The minimum absolute atomic E-state index is 0. The van der Waals surface area contributed by atoms with Gasteiger partial charge in [0.05, 0.1) is 6.54 Å². The maximum absolute atomic E-state index is 6.02. The molecule has 8 heteroatoms. The quantitative estimate of drug-likeness (QED) is 0.398. The minimum atomic E-state index is -0.237. The van der Waals surface area contributed by atoms with Crippen LogP contribution in [0.4, 0.5) is 0 Å². The Kier molecular flexibility index (Phi) is 8.32. The van der Waals surface area contributed by atoms with Gasteiger partial charge in [-0.25, -0.2) is 0 Å². The van der Waals surface area contributed by atoms with Crippen LogP contribution in [0.1, 0.15) is 38.0 Å². The van der Waals surface area contributed by atoms with Crippen LogP contribution >= 0.6 is 24.0 Å². The van der Waals surface area contributed by atoms with Crippen molar-refractivity contribution in [2.45, 2.75) is 46.4 Å². The van der Waals surface area contributed by atoms with Crippen molar-refractivity contribution in [2.24, 2.45) is 12.0 Å². The van der Waals surface area contributed by atoms with E-state index in [4.69, 9.17) is 4.74 Å². The standard InChI is InChI=1S/C18H28N6O.HI/c1-13-22-23-16(24(13)6)12-21-17(19-5)20-11-14-9-7-8-10-15(14)25-18(2,3)4;/h7-10H,11-12H2,1-6H3,(H2,19,20,21);1H. The SMILES string of the molecule is CN=C(NCc1ccccc1OC(C)(C)C)NCc1nnc(C)n1C.I. The van der Waals surface area contributed by atoms with Gasteiger partial charge in [0, 0.05) is 26.2 Å². The van der Waals surface area contributed by atoms with Crippen molar-refractivity contribution in [3.05, 3.63) is 41.5 Å². The molecule has 2 rings (SSSR count). The maximum Gasteiger partial charge on any atom is 0.191 e. The smallest absolute Gasteiger partial charge is 0.191 e. The molecule has 0 radical (unpaired) electrons. The highest BCUT2D eigenvalue weighted by atomic mass is 127. The zero-order valence-electron chi connectivity index (χ0n) is 16.3. The first-order valence-corrected chi connectivity index (χ1v) is 8.36. The number of aromatic nitrogens is 3. The van der Waals surface area contributed by atoms with E-state index in [0.29, 0.717) is 19.0 Å². The van der Waals surface area contributed by atoms with Gasteiger partial charge in [0.25, 0.3) is 0 Å². The Bertz CT molecular complexity index is 736. The van der Waals surface area contributed by atoms with Gasteiger partial charge >= 0.3 is 0 Å². The lowest BCUT2D eigenvalue weighted by Gasteiger charge is -2.23. The molecule has 7 nitrogen and oxygen atoms in total. The number of halogens is 1. The number of hydrogen-bond acceptors (Lipinski definition) is 4. The summed E-state index contributed by atoms with van der Waals surface area (Å²) in [5.74, 6) is 3.32. The van der Waals surface area contributed by atoms with E-state index in [0.717, 1.165) is 23.0 Å². The van der Waals surface area contributed by atoms with E-state index in [9.17, 15) is 0 Å². The average Bonchev–Trinajstić information content (AvgIpc) is 2.87. The summed E-state index contributed by atoms with van der Waals surface area (Å²) in [5.41, 5.74) is 0.842. The van der Waals surface area contributed by atoms with Gasteiger partial charge in [-0.05, 0) is 33.8 Å². The lowest BCUT2D eigenvalue weighted by molar-refractivity contribution is 0.129. The Morgan fingerprint density at radius 2 is 1.81 bits per heavy atom. The fourth-order valence-electron chi connectivity index (χ4n) is 2.25. The van der Waals surface area contributed by atoms with E-state index < -0.39 is 0 Å². The van der Waals surface area contributed by atoms with Gasteiger partial charge in [0.15, 0.2) is 11.8 Å². The summed E-state index contributed by atoms with van der Waals surface area (Å²) in [7, 11) is 3.69. The number of aryl methyl sites for hydroxylation is 1. The molecule has 0 fully saturated rings. The molecule has 1 aromatic carbocycles. The van der Waals surface area contributed by atoms with Crippen molar-refractivity contribution < 1.29 is 4.74 Å². The Labute approximate surface area is 172 Å². The molecule has 1 heterocycles. The van der Waals surface area contributed by atoms with Crippen LogP contribution in [-0.4, -0.2) is 33.4 Å². The summed E-state index contributed by atoms with van der Waals surface area (Å²) in [4.78, 5) is 4.26. The topological polar surface area (TPSA) is 76.4 Å². The van der Waals surface area contributed by atoms with Gasteiger partial charge in [0.1, 0.15) is 17.2 Å². The Hall–Kier alpha value is -1.84. The lowest BCUT2D eigenvalue weighted by atomic mass is 10.1. The van der Waals surface area contributed by atoms with Gasteiger partial charge in [-0.1, -0.05) is 18.2 Å². The maximum atomic E-state index is 6.02. The zero-order chi connectivity index (χ0) is 18.4. The molecule has 0 aliphatic heterocycles. The van der Waals surface area contributed by atoms with Crippen LogP contribution in [0.25, 0.3) is 0 Å². The molecule has 0 spiro atoms. The van der Waals surface area contributed by atoms with Crippen molar-refractivity contribution in [1.29, 1.82) is 0 Å². The van der Waals surface area contributed by atoms with Gasteiger partial charge in [-0.3, -0.25) is 4.99 Å². The zero-order valence-corrected chi connectivity index (χ0v) is 18.7. The van der Waals surface area contributed by atoms with E-state index in [1.807, 2.05) is 63.6 Å². The van der Waals surface area contributed by atoms with Gasteiger partial charge < -0.3 is 19.9 Å². The number of guanidine groups is 1. The molecule has 0 bridgehead atoms. The Morgan fingerprint density at radius 1 is 1.15 bits per heavy atom. The van der Waals surface area contributed by atoms with Gasteiger partial charge in [-0.2, -0.15) is 0 Å². The second kappa shape index (κ2) is 9.75. The molecule has 0 unspecified atom stereocenters. The van der Waals surface area contributed by atoms with E-state index >= 15 is 0 Å². The molecule has 0 saturated carbocycles. The molecule has 1 aromatic heterocycles. The number of para-hydroxylation sites is 1. The van der Waals surface area contributed by atoms with Gasteiger partial charge in [0.2, 0.25) is 0 Å².